The normalized spacial score (nSPS) is 62.4. The van der Waals surface area contributed by atoms with Crippen molar-refractivity contribution in [3.63, 3.8) is 0 Å². The Morgan fingerprint density at radius 3 is 2.71 bits per heavy atom. The van der Waals surface area contributed by atoms with Crippen molar-refractivity contribution in [2.24, 2.45) is 40.4 Å². The van der Waals surface area contributed by atoms with Crippen LogP contribution in [0.5, 0.6) is 0 Å². The molecule has 0 spiro atoms. The van der Waals surface area contributed by atoms with Gasteiger partial charge in [-0.1, -0.05) is 13.8 Å². The first-order valence-corrected chi connectivity index (χ1v) is 11.5. The van der Waals surface area contributed by atoms with Crippen LogP contribution in [-0.4, -0.2) is 40.3 Å². The van der Waals surface area contributed by atoms with Crippen LogP contribution < -0.4 is 0 Å². The van der Waals surface area contributed by atoms with E-state index in [2.05, 4.69) is 13.8 Å². The van der Waals surface area contributed by atoms with E-state index in [-0.39, 0.29) is 47.1 Å². The van der Waals surface area contributed by atoms with Crippen molar-refractivity contribution in [2.45, 2.75) is 95.7 Å². The summed E-state index contributed by atoms with van der Waals surface area (Å²) in [6.07, 6.45) is 7.93. The van der Waals surface area contributed by atoms with E-state index in [0.717, 1.165) is 44.9 Å². The molecule has 11 atom stereocenters. The van der Waals surface area contributed by atoms with Gasteiger partial charge in [-0.05, 0) is 68.1 Å². The fraction of sp³-hybridized carbons (Fsp3) is 0.957. The lowest BCUT2D eigenvalue weighted by Crippen LogP contribution is -2.62. The van der Waals surface area contributed by atoms with Gasteiger partial charge in [0.05, 0.1) is 24.2 Å². The standard InChI is InChI=1S/C23H34O5/c1-21-7-5-13(24)9-12(21)3-4-16-15(21)6-8-22(2)19-14-10-18(25)28-20(14)27-17(19)11-23(16,22)26/h12-17,19-20,24,26H,3-11H2,1-2H3. The minimum Gasteiger partial charge on any atom is -0.435 e. The lowest BCUT2D eigenvalue weighted by Gasteiger charge is -2.63. The highest BCUT2D eigenvalue weighted by Crippen LogP contribution is 2.72. The van der Waals surface area contributed by atoms with E-state index in [1.54, 1.807) is 0 Å². The summed E-state index contributed by atoms with van der Waals surface area (Å²) in [6.45, 7) is 4.72. The summed E-state index contributed by atoms with van der Waals surface area (Å²) in [4.78, 5) is 11.9. The van der Waals surface area contributed by atoms with Gasteiger partial charge in [-0.3, -0.25) is 4.79 Å². The maximum Gasteiger partial charge on any atom is 0.308 e. The minimum atomic E-state index is -0.702. The zero-order valence-electron chi connectivity index (χ0n) is 17.1. The molecule has 0 aromatic heterocycles. The van der Waals surface area contributed by atoms with Gasteiger partial charge in [-0.2, -0.15) is 0 Å². The predicted octanol–water partition coefficient (Wildman–Crippen LogP) is 3.02. The third kappa shape index (κ3) is 2.02. The molecule has 0 amide bonds. The molecule has 5 heteroatoms. The van der Waals surface area contributed by atoms with Crippen molar-refractivity contribution in [3.05, 3.63) is 0 Å². The average molecular weight is 391 g/mol. The molecule has 2 heterocycles. The van der Waals surface area contributed by atoms with Gasteiger partial charge in [0.25, 0.3) is 0 Å². The third-order valence-electron chi connectivity index (χ3n) is 10.7. The molecule has 4 aliphatic carbocycles. The van der Waals surface area contributed by atoms with Crippen molar-refractivity contribution < 1.29 is 24.5 Å². The Hall–Kier alpha value is -0.650. The van der Waals surface area contributed by atoms with E-state index in [4.69, 9.17) is 9.47 Å². The predicted molar refractivity (Wildman–Crippen MR) is 101 cm³/mol. The van der Waals surface area contributed by atoms with Crippen LogP contribution in [0.25, 0.3) is 0 Å². The van der Waals surface area contributed by atoms with E-state index < -0.39 is 5.60 Å². The molecule has 2 saturated heterocycles. The second kappa shape index (κ2) is 5.53. The van der Waals surface area contributed by atoms with Crippen molar-refractivity contribution in [1.29, 1.82) is 0 Å². The maximum absolute atomic E-state index is 12.3. The van der Waals surface area contributed by atoms with Gasteiger partial charge < -0.3 is 19.7 Å². The summed E-state index contributed by atoms with van der Waals surface area (Å²) in [7, 11) is 0. The minimum absolute atomic E-state index is 0.0237. The van der Waals surface area contributed by atoms with Crippen molar-refractivity contribution in [2.75, 3.05) is 0 Å². The Kier molecular flexibility index (Phi) is 3.58. The number of ether oxygens (including phenoxy) is 2. The van der Waals surface area contributed by atoms with Crippen LogP contribution in [0, 0.1) is 40.4 Å². The summed E-state index contributed by atoms with van der Waals surface area (Å²) in [5, 5.41) is 22.5. The zero-order chi connectivity index (χ0) is 19.5. The number of hydrogen-bond donors (Lipinski definition) is 2. The molecule has 0 bridgehead atoms. The number of rotatable bonds is 0. The van der Waals surface area contributed by atoms with Crippen LogP contribution in [0.1, 0.15) is 71.6 Å². The Balaban J connectivity index is 1.34. The lowest BCUT2D eigenvalue weighted by molar-refractivity contribution is -0.218. The number of hydrogen-bond acceptors (Lipinski definition) is 5. The first-order valence-electron chi connectivity index (χ1n) is 11.5. The Labute approximate surface area is 167 Å². The zero-order valence-corrected chi connectivity index (χ0v) is 17.1. The molecule has 0 aromatic rings. The quantitative estimate of drug-likeness (QED) is 0.622. The van der Waals surface area contributed by atoms with Crippen LogP contribution in [0.3, 0.4) is 0 Å². The van der Waals surface area contributed by atoms with E-state index in [0.29, 0.717) is 30.6 Å². The van der Waals surface area contributed by atoms with E-state index >= 15 is 0 Å². The molecular weight excluding hydrogens is 356 g/mol. The number of esters is 1. The molecule has 0 radical (unpaired) electrons. The molecule has 156 valence electrons. The van der Waals surface area contributed by atoms with Crippen LogP contribution in [-0.2, 0) is 14.3 Å². The Bertz CT molecular complexity index is 709. The number of aliphatic hydroxyl groups is 2. The number of carbonyl (C=O) groups is 1. The second-order valence-corrected chi connectivity index (χ2v) is 11.4. The molecular formula is C23H34O5. The summed E-state index contributed by atoms with van der Waals surface area (Å²) < 4.78 is 11.6. The van der Waals surface area contributed by atoms with Gasteiger partial charge in [0, 0.05) is 23.7 Å². The third-order valence-corrected chi connectivity index (χ3v) is 10.7. The van der Waals surface area contributed by atoms with Gasteiger partial charge >= 0.3 is 5.97 Å². The molecule has 6 rings (SSSR count). The topological polar surface area (TPSA) is 76.0 Å². The van der Waals surface area contributed by atoms with Crippen molar-refractivity contribution >= 4 is 5.97 Å². The van der Waals surface area contributed by atoms with E-state index in [1.165, 1.54) is 0 Å². The smallest absolute Gasteiger partial charge is 0.308 e. The molecule has 28 heavy (non-hydrogen) atoms. The van der Waals surface area contributed by atoms with Crippen LogP contribution >= 0.6 is 0 Å². The van der Waals surface area contributed by atoms with Crippen molar-refractivity contribution in [3.8, 4) is 0 Å². The van der Waals surface area contributed by atoms with Crippen LogP contribution in [0.4, 0.5) is 0 Å². The van der Waals surface area contributed by atoms with Gasteiger partial charge in [-0.25, -0.2) is 0 Å². The molecule has 6 fully saturated rings. The first-order chi connectivity index (χ1) is 13.3. The summed E-state index contributed by atoms with van der Waals surface area (Å²) in [5.41, 5.74) is -0.651. The van der Waals surface area contributed by atoms with Gasteiger partial charge in [0.1, 0.15) is 0 Å². The SMILES string of the molecule is CC12CCC(O)CC1CCC1C2CCC2(C)C3C(CC12O)OC1OC(=O)CC13. The van der Waals surface area contributed by atoms with E-state index in [1.807, 2.05) is 0 Å². The Morgan fingerprint density at radius 1 is 1.07 bits per heavy atom. The fourth-order valence-electron chi connectivity index (χ4n) is 9.29. The summed E-state index contributed by atoms with van der Waals surface area (Å²) in [5.74, 6) is 1.64. The largest absolute Gasteiger partial charge is 0.435 e. The first kappa shape index (κ1) is 18.1. The highest BCUT2D eigenvalue weighted by atomic mass is 16.7. The average Bonchev–Trinajstić information content (AvgIpc) is 3.20. The van der Waals surface area contributed by atoms with E-state index in [9.17, 15) is 15.0 Å². The number of carbonyl (C=O) groups excluding carboxylic acids is 1. The number of fused-ring (bicyclic) bond motifs is 9. The highest BCUT2D eigenvalue weighted by molar-refractivity contribution is 5.72. The maximum atomic E-state index is 12.3. The summed E-state index contributed by atoms with van der Waals surface area (Å²) in [6, 6.07) is 0. The number of aliphatic hydroxyl groups excluding tert-OH is 1. The molecule has 4 saturated carbocycles. The second-order valence-electron chi connectivity index (χ2n) is 11.4. The van der Waals surface area contributed by atoms with Gasteiger partial charge in [0.15, 0.2) is 0 Å². The van der Waals surface area contributed by atoms with Crippen LogP contribution in [0.15, 0.2) is 0 Å². The Morgan fingerprint density at radius 2 is 1.89 bits per heavy atom. The molecule has 5 nitrogen and oxygen atoms in total. The van der Waals surface area contributed by atoms with Gasteiger partial charge in [-0.15, -0.1) is 0 Å². The molecule has 2 aliphatic heterocycles. The monoisotopic (exact) mass is 390 g/mol. The molecule has 6 aliphatic rings. The molecule has 11 unspecified atom stereocenters. The lowest BCUT2D eigenvalue weighted by atomic mass is 9.43. The summed E-state index contributed by atoms with van der Waals surface area (Å²) >= 11 is 0. The van der Waals surface area contributed by atoms with Crippen LogP contribution in [0.2, 0.25) is 0 Å². The molecule has 0 aromatic carbocycles. The van der Waals surface area contributed by atoms with Gasteiger partial charge in [0.2, 0.25) is 6.29 Å². The van der Waals surface area contributed by atoms with Crippen molar-refractivity contribution in [1.82, 2.24) is 0 Å². The molecule has 2 N–H and O–H groups in total. The highest BCUT2D eigenvalue weighted by Gasteiger charge is 2.74. The fourth-order valence-corrected chi connectivity index (χ4v) is 9.29.